The smallest absolute Gasteiger partial charge is 0.351 e. The fourth-order valence-electron chi connectivity index (χ4n) is 4.01. The van der Waals surface area contributed by atoms with Gasteiger partial charge in [-0.1, -0.05) is 58.0 Å². The largest absolute Gasteiger partial charge is 0.507 e. The van der Waals surface area contributed by atoms with Crippen LogP contribution in [-0.2, 0) is 20.0 Å². The number of benzene rings is 2. The lowest BCUT2D eigenvalue weighted by Crippen LogP contribution is -2.26. The summed E-state index contributed by atoms with van der Waals surface area (Å²) >= 11 is 0. The molecule has 0 radical (unpaired) electrons. The van der Waals surface area contributed by atoms with Crippen molar-refractivity contribution in [3.8, 4) is 5.75 Å². The minimum Gasteiger partial charge on any atom is -0.507 e. The number of aromatic hydroxyl groups is 1. The molecule has 0 aliphatic carbocycles. The lowest BCUT2D eigenvalue weighted by atomic mass is 9.88. The summed E-state index contributed by atoms with van der Waals surface area (Å²) in [4.78, 5) is 0. The van der Waals surface area contributed by atoms with Crippen molar-refractivity contribution in [1.29, 1.82) is 0 Å². The number of rotatable bonds is 14. The molecular weight excluding hydrogens is 433 g/mol. The maximum atomic E-state index is 14.0. The topological polar surface area (TPSA) is 67.8 Å². The molecule has 0 amide bonds. The van der Waals surface area contributed by atoms with Crippen LogP contribution in [0.1, 0.15) is 94.3 Å². The molecule has 0 saturated heterocycles. The van der Waals surface area contributed by atoms with Gasteiger partial charge >= 0.3 is 7.60 Å². The maximum Gasteiger partial charge on any atom is 0.351 e. The number of hydrogen-bond donors (Lipinski definition) is 2. The van der Waals surface area contributed by atoms with Crippen LogP contribution in [0.2, 0.25) is 0 Å². The Morgan fingerprint density at radius 3 is 1.88 bits per heavy atom. The first-order valence-electron chi connectivity index (χ1n) is 12.3. The molecule has 0 saturated carbocycles. The molecule has 2 rings (SSSR count). The maximum absolute atomic E-state index is 14.0. The van der Waals surface area contributed by atoms with Crippen LogP contribution in [0.4, 0.5) is 0 Å². The Morgan fingerprint density at radius 2 is 1.42 bits per heavy atom. The van der Waals surface area contributed by atoms with Gasteiger partial charge < -0.3 is 14.2 Å². The van der Waals surface area contributed by atoms with Crippen molar-refractivity contribution in [1.82, 2.24) is 5.32 Å². The van der Waals surface area contributed by atoms with Crippen LogP contribution in [0.25, 0.3) is 0 Å². The summed E-state index contributed by atoms with van der Waals surface area (Å²) in [7, 11) is -3.50. The highest BCUT2D eigenvalue weighted by atomic mass is 31.2. The van der Waals surface area contributed by atoms with E-state index < -0.39 is 13.4 Å². The Labute approximate surface area is 200 Å². The van der Waals surface area contributed by atoms with E-state index >= 15 is 0 Å². The van der Waals surface area contributed by atoms with E-state index in [-0.39, 0.29) is 11.8 Å². The zero-order valence-corrected chi connectivity index (χ0v) is 22.0. The molecule has 0 aliphatic heterocycles. The third-order valence-corrected chi connectivity index (χ3v) is 8.67. The summed E-state index contributed by atoms with van der Waals surface area (Å²) in [5.74, 6) is 0.0908. The lowest BCUT2D eigenvalue weighted by Gasteiger charge is -2.29. The molecule has 0 aromatic heterocycles. The summed E-state index contributed by atoms with van der Waals surface area (Å²) < 4.78 is 25.5. The van der Waals surface area contributed by atoms with Crippen molar-refractivity contribution in [2.24, 2.45) is 0 Å². The predicted octanol–water partition coefficient (Wildman–Crippen LogP) is 7.52. The number of hydrogen-bond acceptors (Lipinski definition) is 5. The standard InChI is InChI=1S/C27H42NO4P/c1-7-20(5)24-18-23(19-25(26(24)29)21(6)8-2)27(33(30,31-9-3)32-10-4)28-17-16-22-14-12-11-13-15-22/h11-15,18-21,27-29H,7-10,16-17H2,1-6H3. The second kappa shape index (κ2) is 13.3. The van der Waals surface area contributed by atoms with Crippen molar-refractivity contribution in [3.63, 3.8) is 0 Å². The molecule has 2 aromatic rings. The van der Waals surface area contributed by atoms with Gasteiger partial charge in [0.1, 0.15) is 11.5 Å². The van der Waals surface area contributed by atoms with Crippen molar-refractivity contribution >= 4 is 7.60 Å². The van der Waals surface area contributed by atoms with Crippen LogP contribution in [0.5, 0.6) is 5.75 Å². The minimum absolute atomic E-state index is 0.177. The molecule has 2 N–H and O–H groups in total. The van der Waals surface area contributed by atoms with Gasteiger partial charge in [-0.15, -0.1) is 0 Å². The molecular formula is C27H42NO4P. The average molecular weight is 476 g/mol. The van der Waals surface area contributed by atoms with E-state index in [1.54, 1.807) is 0 Å². The van der Waals surface area contributed by atoms with Crippen LogP contribution in [0.15, 0.2) is 42.5 Å². The van der Waals surface area contributed by atoms with E-state index in [0.29, 0.717) is 25.5 Å². The fraction of sp³-hybridized carbons (Fsp3) is 0.556. The summed E-state index contributed by atoms with van der Waals surface area (Å²) in [5, 5.41) is 14.6. The zero-order chi connectivity index (χ0) is 24.4. The Morgan fingerprint density at radius 1 is 0.909 bits per heavy atom. The normalized spacial score (nSPS) is 14.7. The molecule has 33 heavy (non-hydrogen) atoms. The highest BCUT2D eigenvalue weighted by molar-refractivity contribution is 7.54. The number of phenolic OH excluding ortho intramolecular Hbond substituents is 1. The van der Waals surface area contributed by atoms with Crippen LogP contribution in [0.3, 0.4) is 0 Å². The first kappa shape index (κ1) is 27.6. The van der Waals surface area contributed by atoms with Gasteiger partial charge in [-0.25, -0.2) is 0 Å². The molecule has 3 unspecified atom stereocenters. The number of phenols is 1. The van der Waals surface area contributed by atoms with E-state index in [4.69, 9.17) is 9.05 Å². The first-order valence-corrected chi connectivity index (χ1v) is 13.9. The first-order chi connectivity index (χ1) is 15.8. The molecule has 0 spiro atoms. The number of nitrogens with one attached hydrogen (secondary N) is 1. The van der Waals surface area contributed by atoms with Gasteiger partial charge in [0.05, 0.1) is 13.2 Å². The molecule has 6 heteroatoms. The summed E-state index contributed by atoms with van der Waals surface area (Å²) in [5.41, 5.74) is 3.83. The van der Waals surface area contributed by atoms with Crippen LogP contribution in [-0.4, -0.2) is 24.9 Å². The molecule has 0 bridgehead atoms. The average Bonchev–Trinajstić information content (AvgIpc) is 2.82. The monoisotopic (exact) mass is 475 g/mol. The molecule has 3 atom stereocenters. The van der Waals surface area contributed by atoms with Crippen molar-refractivity contribution in [2.75, 3.05) is 19.8 Å². The van der Waals surface area contributed by atoms with Crippen LogP contribution >= 0.6 is 7.60 Å². The van der Waals surface area contributed by atoms with Gasteiger partial charge in [0, 0.05) is 6.54 Å². The highest BCUT2D eigenvalue weighted by Gasteiger charge is 2.37. The summed E-state index contributed by atoms with van der Waals surface area (Å²) in [6, 6.07) is 14.2. The van der Waals surface area contributed by atoms with Crippen LogP contribution in [0, 0.1) is 0 Å². The molecule has 5 nitrogen and oxygen atoms in total. The van der Waals surface area contributed by atoms with Gasteiger partial charge in [-0.2, -0.15) is 0 Å². The summed E-state index contributed by atoms with van der Waals surface area (Å²) in [6.07, 6.45) is 2.60. The van der Waals surface area contributed by atoms with E-state index in [0.717, 1.165) is 36.0 Å². The quantitative estimate of drug-likeness (QED) is 0.277. The molecule has 0 heterocycles. The molecule has 0 fully saturated rings. The second-order valence-electron chi connectivity index (χ2n) is 8.63. The third-order valence-electron chi connectivity index (χ3n) is 6.32. The molecule has 184 valence electrons. The van der Waals surface area contributed by atoms with Gasteiger partial charge in [0.15, 0.2) is 0 Å². The van der Waals surface area contributed by atoms with E-state index in [2.05, 4.69) is 45.1 Å². The predicted molar refractivity (Wildman–Crippen MR) is 137 cm³/mol. The second-order valence-corrected chi connectivity index (χ2v) is 10.7. The summed E-state index contributed by atoms with van der Waals surface area (Å²) in [6.45, 7) is 13.3. The Kier molecular flexibility index (Phi) is 11.1. The van der Waals surface area contributed by atoms with Gasteiger partial charge in [-0.05, 0) is 79.3 Å². The van der Waals surface area contributed by atoms with Crippen LogP contribution < -0.4 is 5.32 Å². The van der Waals surface area contributed by atoms with Gasteiger partial charge in [0.25, 0.3) is 0 Å². The molecule has 2 aromatic carbocycles. The SMILES string of the molecule is CCOP(=O)(OCC)C(NCCc1ccccc1)c1cc(C(C)CC)c(O)c(C(C)CC)c1. The van der Waals surface area contributed by atoms with Crippen molar-refractivity contribution in [2.45, 2.75) is 78.4 Å². The van der Waals surface area contributed by atoms with Gasteiger partial charge in [0.2, 0.25) is 0 Å². The lowest BCUT2D eigenvalue weighted by molar-refractivity contribution is 0.207. The van der Waals surface area contributed by atoms with E-state index in [1.807, 2.05) is 44.2 Å². The van der Waals surface area contributed by atoms with E-state index in [9.17, 15) is 9.67 Å². The Balaban J connectivity index is 2.54. The van der Waals surface area contributed by atoms with Crippen molar-refractivity contribution < 1.29 is 18.7 Å². The third kappa shape index (κ3) is 7.16. The zero-order valence-electron chi connectivity index (χ0n) is 21.1. The Bertz CT molecular complexity index is 861. The fourth-order valence-corrected chi connectivity index (χ4v) is 5.97. The van der Waals surface area contributed by atoms with Gasteiger partial charge in [-0.3, -0.25) is 9.88 Å². The van der Waals surface area contributed by atoms with E-state index in [1.165, 1.54) is 5.56 Å². The highest BCUT2D eigenvalue weighted by Crippen LogP contribution is 2.60. The van der Waals surface area contributed by atoms with Crippen molar-refractivity contribution in [3.05, 3.63) is 64.7 Å². The Hall–Kier alpha value is -1.65. The molecule has 0 aliphatic rings. The minimum atomic E-state index is -3.50.